The van der Waals surface area contributed by atoms with E-state index in [1.54, 1.807) is 18.2 Å². The van der Waals surface area contributed by atoms with Crippen molar-refractivity contribution < 1.29 is 13.2 Å². The maximum absolute atomic E-state index is 12.2. The molecule has 6 nitrogen and oxygen atoms in total. The molecular weight excluding hydrogens is 430 g/mol. The first kappa shape index (κ1) is 19.5. The molecule has 0 spiro atoms. The fraction of sp³-hybridized carbons (Fsp3) is 0.158. The molecule has 0 aliphatic heterocycles. The van der Waals surface area contributed by atoms with Gasteiger partial charge in [0.2, 0.25) is 15.9 Å². The molecule has 8 heteroatoms. The van der Waals surface area contributed by atoms with Crippen LogP contribution in [0.15, 0.2) is 70.0 Å². The van der Waals surface area contributed by atoms with E-state index in [9.17, 15) is 8.42 Å². The van der Waals surface area contributed by atoms with Crippen LogP contribution in [0.4, 0.5) is 0 Å². The Balaban J connectivity index is 1.52. The van der Waals surface area contributed by atoms with Gasteiger partial charge < -0.3 is 4.74 Å². The molecule has 1 aromatic heterocycles. The number of halogens is 1. The zero-order chi connectivity index (χ0) is 19.3. The Kier molecular flexibility index (Phi) is 6.20. The first-order chi connectivity index (χ1) is 12.9. The summed E-state index contributed by atoms with van der Waals surface area (Å²) in [5.74, 6) is 0.341. The van der Waals surface area contributed by atoms with Crippen LogP contribution < -0.4 is 9.46 Å². The first-order valence-electron chi connectivity index (χ1n) is 8.23. The average Bonchev–Trinajstić information content (AvgIpc) is 2.67. The highest BCUT2D eigenvalue weighted by Gasteiger charge is 2.13. The normalized spacial score (nSPS) is 11.3. The number of hydrogen-bond donors (Lipinski definition) is 1. The van der Waals surface area contributed by atoms with Crippen molar-refractivity contribution in [3.05, 3.63) is 70.7 Å². The summed E-state index contributed by atoms with van der Waals surface area (Å²) in [5, 5.41) is 8.17. The highest BCUT2D eigenvalue weighted by molar-refractivity contribution is 9.10. The number of rotatable bonds is 7. The van der Waals surface area contributed by atoms with Gasteiger partial charge in [0.25, 0.3) is 0 Å². The topological polar surface area (TPSA) is 81.2 Å². The minimum atomic E-state index is -3.56. The molecule has 27 heavy (non-hydrogen) atoms. The standard InChI is InChI=1S/C19H18BrN3O3S/c1-14-2-4-15(5-3-14)18-10-11-19(23-22-18)26-13-12-21-27(24,25)17-8-6-16(20)7-9-17/h2-11,21H,12-13H2,1H3. The lowest BCUT2D eigenvalue weighted by atomic mass is 10.1. The van der Waals surface area contributed by atoms with Crippen LogP contribution in [0, 0.1) is 6.92 Å². The zero-order valence-electron chi connectivity index (χ0n) is 14.6. The molecule has 0 bridgehead atoms. The molecule has 0 unspecified atom stereocenters. The monoisotopic (exact) mass is 447 g/mol. The Morgan fingerprint density at radius 1 is 0.963 bits per heavy atom. The third kappa shape index (κ3) is 5.35. The summed E-state index contributed by atoms with van der Waals surface area (Å²) in [7, 11) is -3.56. The molecule has 140 valence electrons. The minimum absolute atomic E-state index is 0.125. The van der Waals surface area contributed by atoms with Gasteiger partial charge in [-0.1, -0.05) is 45.8 Å². The maximum Gasteiger partial charge on any atom is 0.240 e. The highest BCUT2D eigenvalue weighted by atomic mass is 79.9. The number of sulfonamides is 1. The molecule has 0 aliphatic rings. The second kappa shape index (κ2) is 8.60. The maximum atomic E-state index is 12.2. The Hall–Kier alpha value is -2.29. The molecular formula is C19H18BrN3O3S. The van der Waals surface area contributed by atoms with Crippen molar-refractivity contribution in [2.75, 3.05) is 13.2 Å². The number of nitrogens with one attached hydrogen (secondary N) is 1. The van der Waals surface area contributed by atoms with Crippen molar-refractivity contribution in [3.8, 4) is 17.1 Å². The number of benzene rings is 2. The molecule has 0 aliphatic carbocycles. The second-order valence-corrected chi connectivity index (χ2v) is 8.51. The highest BCUT2D eigenvalue weighted by Crippen LogP contribution is 2.18. The van der Waals surface area contributed by atoms with Crippen LogP contribution in [0.2, 0.25) is 0 Å². The Bertz CT molecular complexity index is 990. The fourth-order valence-electron chi connectivity index (χ4n) is 2.30. The van der Waals surface area contributed by atoms with Gasteiger partial charge in [0.05, 0.1) is 10.6 Å². The summed E-state index contributed by atoms with van der Waals surface area (Å²) in [4.78, 5) is 0.202. The second-order valence-electron chi connectivity index (χ2n) is 5.82. The van der Waals surface area contributed by atoms with Gasteiger partial charge in [-0.2, -0.15) is 0 Å². The summed E-state index contributed by atoms with van der Waals surface area (Å²) in [6.07, 6.45) is 0. The zero-order valence-corrected chi connectivity index (χ0v) is 17.0. The van der Waals surface area contributed by atoms with Gasteiger partial charge in [0.15, 0.2) is 0 Å². The summed E-state index contributed by atoms with van der Waals surface area (Å²) >= 11 is 3.28. The van der Waals surface area contributed by atoms with E-state index < -0.39 is 10.0 Å². The van der Waals surface area contributed by atoms with Gasteiger partial charge in [-0.25, -0.2) is 13.1 Å². The van der Waals surface area contributed by atoms with E-state index in [-0.39, 0.29) is 18.0 Å². The summed E-state index contributed by atoms with van der Waals surface area (Å²) in [6, 6.07) is 17.9. The van der Waals surface area contributed by atoms with E-state index in [0.29, 0.717) is 5.88 Å². The molecule has 0 saturated carbocycles. The van der Waals surface area contributed by atoms with Crippen molar-refractivity contribution in [1.29, 1.82) is 0 Å². The Labute approximate surface area is 166 Å². The van der Waals surface area contributed by atoms with E-state index in [4.69, 9.17) is 4.74 Å². The summed E-state index contributed by atoms with van der Waals surface area (Å²) < 4.78 is 33.1. The van der Waals surface area contributed by atoms with Crippen molar-refractivity contribution in [3.63, 3.8) is 0 Å². The molecule has 0 fully saturated rings. The molecule has 3 rings (SSSR count). The SMILES string of the molecule is Cc1ccc(-c2ccc(OCCNS(=O)(=O)c3ccc(Br)cc3)nn2)cc1. The quantitative estimate of drug-likeness (QED) is 0.559. The van der Waals surface area contributed by atoms with Crippen molar-refractivity contribution in [1.82, 2.24) is 14.9 Å². The predicted octanol–water partition coefficient (Wildman–Crippen LogP) is 3.57. The minimum Gasteiger partial charge on any atom is -0.475 e. The number of hydrogen-bond acceptors (Lipinski definition) is 5. The van der Waals surface area contributed by atoms with Crippen LogP contribution in [0.25, 0.3) is 11.3 Å². The predicted molar refractivity (Wildman–Crippen MR) is 107 cm³/mol. The molecule has 0 radical (unpaired) electrons. The lowest BCUT2D eigenvalue weighted by Crippen LogP contribution is -2.28. The van der Waals surface area contributed by atoms with Gasteiger partial charge in [0, 0.05) is 22.6 Å². The van der Waals surface area contributed by atoms with E-state index in [0.717, 1.165) is 15.7 Å². The number of ether oxygens (including phenoxy) is 1. The number of aryl methyl sites for hydroxylation is 1. The van der Waals surface area contributed by atoms with Gasteiger partial charge >= 0.3 is 0 Å². The fourth-order valence-corrected chi connectivity index (χ4v) is 3.58. The third-order valence-electron chi connectivity index (χ3n) is 3.76. The molecule has 0 atom stereocenters. The van der Waals surface area contributed by atoms with Crippen LogP contribution in [-0.4, -0.2) is 31.8 Å². The molecule has 0 saturated heterocycles. The Morgan fingerprint density at radius 2 is 1.67 bits per heavy atom. The van der Waals surface area contributed by atoms with Gasteiger partial charge in [-0.3, -0.25) is 0 Å². The lowest BCUT2D eigenvalue weighted by molar-refractivity contribution is 0.307. The van der Waals surface area contributed by atoms with Gasteiger partial charge in [-0.05, 0) is 37.3 Å². The third-order valence-corrected chi connectivity index (χ3v) is 5.76. The van der Waals surface area contributed by atoms with Crippen molar-refractivity contribution in [2.24, 2.45) is 0 Å². The van der Waals surface area contributed by atoms with E-state index in [1.165, 1.54) is 17.7 Å². The molecule has 2 aromatic carbocycles. The van der Waals surface area contributed by atoms with Crippen LogP contribution in [0.3, 0.4) is 0 Å². The van der Waals surface area contributed by atoms with Crippen molar-refractivity contribution in [2.45, 2.75) is 11.8 Å². The van der Waals surface area contributed by atoms with E-state index >= 15 is 0 Å². The molecule has 1 N–H and O–H groups in total. The van der Waals surface area contributed by atoms with Crippen LogP contribution in [0.1, 0.15) is 5.56 Å². The molecule has 0 amide bonds. The Morgan fingerprint density at radius 3 is 2.30 bits per heavy atom. The van der Waals surface area contributed by atoms with E-state index in [1.807, 2.05) is 37.3 Å². The van der Waals surface area contributed by atoms with Crippen LogP contribution >= 0.6 is 15.9 Å². The smallest absolute Gasteiger partial charge is 0.240 e. The first-order valence-corrected chi connectivity index (χ1v) is 10.5. The van der Waals surface area contributed by atoms with Gasteiger partial charge in [-0.15, -0.1) is 10.2 Å². The van der Waals surface area contributed by atoms with Crippen LogP contribution in [0.5, 0.6) is 5.88 Å². The van der Waals surface area contributed by atoms with Gasteiger partial charge in [0.1, 0.15) is 6.61 Å². The van der Waals surface area contributed by atoms with Crippen molar-refractivity contribution >= 4 is 26.0 Å². The van der Waals surface area contributed by atoms with E-state index in [2.05, 4.69) is 30.8 Å². The largest absolute Gasteiger partial charge is 0.475 e. The summed E-state index contributed by atoms with van der Waals surface area (Å²) in [5.41, 5.74) is 2.90. The van der Waals surface area contributed by atoms with Crippen LogP contribution in [-0.2, 0) is 10.0 Å². The molecule has 3 aromatic rings. The lowest BCUT2D eigenvalue weighted by Gasteiger charge is -2.08. The number of nitrogens with zero attached hydrogens (tertiary/aromatic N) is 2. The molecule has 1 heterocycles. The number of aromatic nitrogens is 2. The summed E-state index contributed by atoms with van der Waals surface area (Å²) in [6.45, 7) is 2.30. The average molecular weight is 448 g/mol.